The first kappa shape index (κ1) is 72.2. The zero-order chi connectivity index (χ0) is 65.8. The van der Waals surface area contributed by atoms with Crippen molar-refractivity contribution in [3.05, 3.63) is 46.3 Å². The summed E-state index contributed by atoms with van der Waals surface area (Å²) in [4.78, 5) is 3.00. The summed E-state index contributed by atoms with van der Waals surface area (Å²) in [5.41, 5.74) is 10.1. The molecular weight excluding hydrogens is 1220 g/mol. The minimum absolute atomic E-state index is 0.0308. The average Bonchev–Trinajstić information content (AvgIpc) is 1.02. The number of benzene rings is 1. The molecule has 0 aliphatic carbocycles. The van der Waals surface area contributed by atoms with E-state index in [4.69, 9.17) is 104 Å². The van der Waals surface area contributed by atoms with Crippen LogP contribution in [0, 0.1) is 35.5 Å². The molecule has 9 saturated heterocycles. The standard InChI is InChI=1S/C61H97N3O28/c1-25-27(3)54(79-32(18-65)44(25)88-58-42(69)40(67)50(33(19-66)80-58)91-59-43(70)41(68)51-37(83-59)23-77-56(90-51)31-16-14-13-15-17-31)86-46-29(5)48(74-10)60(84-35(46)21-72-8)89-45-26(2)28(4)55(81-34(45)20-71-7)87-47-30(6)49(75-11)61(85-36(47)22-73-9)92-52-38-24-78-57(82-38)39(63-64-62)53(52)76-12/h13-17,25-30,32-61,65-70H,18-24H2,1-12H3/t25-,26?,27?,28?,29+,30?,32?,33+,34+,35?,36+,37+,38?,39?,40?,41?,42?,43?,44+,45+,46+,47+,48?,49?,50-,51-,52+,53+,54+,55-,56?,57-,58+,59-,60+,61+/m1/s1. The number of fused-ring (bicyclic) bond motifs is 3. The Morgan fingerprint density at radius 2 is 0.870 bits per heavy atom. The van der Waals surface area contributed by atoms with E-state index in [1.807, 2.05) is 52.8 Å². The van der Waals surface area contributed by atoms with Crippen molar-refractivity contribution in [2.75, 3.05) is 88.9 Å². The molecule has 0 radical (unpaired) electrons. The molecule has 1 aromatic rings. The number of hydrogen-bond acceptors (Lipinski definition) is 29. The normalized spacial score (nSPS) is 49.0. The van der Waals surface area contributed by atoms with Crippen LogP contribution in [0.4, 0.5) is 0 Å². The Morgan fingerprint density at radius 3 is 1.40 bits per heavy atom. The Bertz CT molecular complexity index is 2460. The Kier molecular flexibility index (Phi) is 25.4. The second kappa shape index (κ2) is 32.4. The molecule has 9 aliphatic rings. The Morgan fingerprint density at radius 1 is 0.435 bits per heavy atom. The fourth-order valence-corrected chi connectivity index (χ4v) is 14.5. The predicted molar refractivity (Wildman–Crippen MR) is 310 cm³/mol. The molecule has 9 aliphatic heterocycles. The molecule has 0 spiro atoms. The van der Waals surface area contributed by atoms with Crippen LogP contribution < -0.4 is 0 Å². The predicted octanol–water partition coefficient (Wildman–Crippen LogP) is 0.424. The minimum atomic E-state index is -1.79. The van der Waals surface area contributed by atoms with Gasteiger partial charge in [-0.25, -0.2) is 0 Å². The molecule has 92 heavy (non-hydrogen) atoms. The molecule has 31 heteroatoms. The summed E-state index contributed by atoms with van der Waals surface area (Å²) < 4.78 is 138. The third kappa shape index (κ3) is 14.9. The molecular formula is C61H97N3O28. The van der Waals surface area contributed by atoms with Gasteiger partial charge in [-0.3, -0.25) is 0 Å². The molecule has 6 N–H and O–H groups in total. The van der Waals surface area contributed by atoms with E-state index in [0.717, 1.165) is 0 Å². The summed E-state index contributed by atoms with van der Waals surface area (Å²) in [6.07, 6.45) is -29.2. The van der Waals surface area contributed by atoms with Gasteiger partial charge in [0.05, 0.1) is 76.8 Å². The van der Waals surface area contributed by atoms with Gasteiger partial charge >= 0.3 is 0 Å². The molecule has 10 rings (SSSR count). The van der Waals surface area contributed by atoms with Gasteiger partial charge in [-0.05, 0) is 17.4 Å². The van der Waals surface area contributed by atoms with Crippen molar-refractivity contribution in [3.8, 4) is 0 Å². The van der Waals surface area contributed by atoms with Gasteiger partial charge in [0.15, 0.2) is 50.3 Å². The number of methoxy groups -OCH3 is 6. The zero-order valence-electron chi connectivity index (χ0n) is 54.1. The van der Waals surface area contributed by atoms with Crippen molar-refractivity contribution < 1.29 is 135 Å². The molecule has 36 atom stereocenters. The maximum absolute atomic E-state index is 11.6. The lowest BCUT2D eigenvalue weighted by molar-refractivity contribution is -0.394. The topological polar surface area (TPSA) is 373 Å². The molecule has 31 nitrogen and oxygen atoms in total. The van der Waals surface area contributed by atoms with E-state index in [1.54, 1.807) is 47.7 Å². The fourth-order valence-electron chi connectivity index (χ4n) is 14.5. The second-order valence-corrected chi connectivity index (χ2v) is 25.6. The van der Waals surface area contributed by atoms with E-state index >= 15 is 0 Å². The molecule has 9 fully saturated rings. The van der Waals surface area contributed by atoms with E-state index in [-0.39, 0.29) is 50.8 Å². The van der Waals surface area contributed by atoms with Crippen molar-refractivity contribution >= 4 is 0 Å². The van der Waals surface area contributed by atoms with Gasteiger partial charge in [-0.1, -0.05) is 77.0 Å². The summed E-state index contributed by atoms with van der Waals surface area (Å²) in [6, 6.07) is 8.28. The average molecular weight is 1320 g/mol. The number of azide groups is 1. The third-order valence-corrected chi connectivity index (χ3v) is 20.1. The molecule has 2 bridgehead atoms. The zero-order valence-corrected chi connectivity index (χ0v) is 54.1. The number of hydrogen-bond donors (Lipinski definition) is 6. The first-order valence-corrected chi connectivity index (χ1v) is 31.8. The maximum atomic E-state index is 11.6. The summed E-state index contributed by atoms with van der Waals surface area (Å²) in [5.74, 6) is -2.18. The van der Waals surface area contributed by atoms with E-state index in [0.29, 0.717) is 5.56 Å². The van der Waals surface area contributed by atoms with Crippen LogP contribution in [0.3, 0.4) is 0 Å². The summed E-state index contributed by atoms with van der Waals surface area (Å²) in [6.45, 7) is 11.0. The largest absolute Gasteiger partial charge is 0.394 e. The number of ether oxygens (including phenoxy) is 22. The monoisotopic (exact) mass is 1320 g/mol. The van der Waals surface area contributed by atoms with Gasteiger partial charge in [0.25, 0.3) is 0 Å². The van der Waals surface area contributed by atoms with E-state index in [2.05, 4.69) is 16.9 Å². The van der Waals surface area contributed by atoms with Crippen LogP contribution in [0.1, 0.15) is 53.4 Å². The van der Waals surface area contributed by atoms with Crippen molar-refractivity contribution in [1.82, 2.24) is 0 Å². The molecule has 0 saturated carbocycles. The minimum Gasteiger partial charge on any atom is -0.394 e. The maximum Gasteiger partial charge on any atom is 0.187 e. The van der Waals surface area contributed by atoms with Crippen molar-refractivity contribution in [2.24, 2.45) is 40.6 Å². The van der Waals surface area contributed by atoms with Gasteiger partial charge in [-0.15, -0.1) is 0 Å². The van der Waals surface area contributed by atoms with E-state index in [1.165, 1.54) is 7.11 Å². The summed E-state index contributed by atoms with van der Waals surface area (Å²) in [5, 5.41) is 71.0. The van der Waals surface area contributed by atoms with Crippen LogP contribution in [0.15, 0.2) is 35.4 Å². The number of aliphatic hydroxyl groups is 6. The Hall–Kier alpha value is -2.59. The quantitative estimate of drug-likeness (QED) is 0.0439. The van der Waals surface area contributed by atoms with Gasteiger partial charge in [-0.2, -0.15) is 0 Å². The van der Waals surface area contributed by atoms with Gasteiger partial charge in [0, 0.05) is 76.8 Å². The smallest absolute Gasteiger partial charge is 0.187 e. The highest BCUT2D eigenvalue weighted by Crippen LogP contribution is 2.45. The molecule has 0 aromatic heterocycles. The van der Waals surface area contributed by atoms with Gasteiger partial charge in [0.2, 0.25) is 0 Å². The van der Waals surface area contributed by atoms with E-state index < -0.39 is 216 Å². The number of rotatable bonds is 25. The van der Waals surface area contributed by atoms with Gasteiger partial charge in [0.1, 0.15) is 104 Å². The number of aliphatic hydroxyl groups excluding tert-OH is 6. The van der Waals surface area contributed by atoms with Crippen molar-refractivity contribution in [3.63, 3.8) is 0 Å². The van der Waals surface area contributed by atoms with Crippen LogP contribution >= 0.6 is 0 Å². The highest BCUT2D eigenvalue weighted by atomic mass is 16.8. The molecule has 9 heterocycles. The lowest BCUT2D eigenvalue weighted by Crippen LogP contribution is -2.66. The first-order chi connectivity index (χ1) is 44.4. The van der Waals surface area contributed by atoms with Crippen LogP contribution in [-0.4, -0.2) is 298 Å². The fraction of sp³-hybridized carbons (Fsp3) is 0.902. The Labute approximate surface area is 535 Å². The van der Waals surface area contributed by atoms with Crippen LogP contribution in [0.2, 0.25) is 0 Å². The van der Waals surface area contributed by atoms with Crippen LogP contribution in [-0.2, 0) is 104 Å². The molecule has 1 aromatic carbocycles. The molecule has 524 valence electrons. The lowest BCUT2D eigenvalue weighted by Gasteiger charge is -2.52. The molecule has 0 amide bonds. The summed E-state index contributed by atoms with van der Waals surface area (Å²) >= 11 is 0. The second-order valence-electron chi connectivity index (χ2n) is 25.6. The Balaban J connectivity index is 0.757. The van der Waals surface area contributed by atoms with Crippen LogP contribution in [0.5, 0.6) is 0 Å². The SMILES string of the molecule is COCC1O[C@@H](O[C@H]2C(C)C(C)[C@@H](O[C@H]3C(C)C(OC)[C@H](O[C@H]4C5CO[C@H](O5)C(N=[N+]=[N-])[C@@H]4OC)O[C@H]3COC)O[C@H]2COC)C(OC)[C@@H](C)[C@@H]1O[C@@H]1OC(CO)[C@@H](O[C@@H]2O[C@@H](CO)[C@@H](O[C@H]3O[C@H]4COC(c5ccccc5)O[C@H]4C(O)C3O)C(O)C2O)[C@H](C)C1C. The van der Waals surface area contributed by atoms with Crippen molar-refractivity contribution in [1.29, 1.82) is 0 Å². The van der Waals surface area contributed by atoms with Crippen LogP contribution in [0.25, 0.3) is 10.4 Å². The number of nitrogens with zero attached hydrogens (tertiary/aromatic N) is 3. The molecule has 15 unspecified atom stereocenters. The van der Waals surface area contributed by atoms with Gasteiger partial charge < -0.3 is 135 Å². The van der Waals surface area contributed by atoms with E-state index in [9.17, 15) is 36.2 Å². The highest BCUT2D eigenvalue weighted by molar-refractivity contribution is 5.17. The third-order valence-electron chi connectivity index (χ3n) is 20.1. The van der Waals surface area contributed by atoms with Crippen molar-refractivity contribution in [2.45, 2.75) is 226 Å². The first-order valence-electron chi connectivity index (χ1n) is 31.8. The summed E-state index contributed by atoms with van der Waals surface area (Å²) in [7, 11) is 9.34. The lowest BCUT2D eigenvalue weighted by atomic mass is 9.83. The highest BCUT2D eigenvalue weighted by Gasteiger charge is 2.59.